The van der Waals surface area contributed by atoms with Gasteiger partial charge in [-0.3, -0.25) is 4.99 Å². The Morgan fingerprint density at radius 3 is 2.67 bits per heavy atom. The van der Waals surface area contributed by atoms with Gasteiger partial charge in [-0.2, -0.15) is 0 Å². The average molecular weight is 334 g/mol. The molecule has 128 valence electrons. The molecule has 5 N–H and O–H groups in total. The lowest BCUT2D eigenvalue weighted by molar-refractivity contribution is -0.248. The van der Waals surface area contributed by atoms with Crippen LogP contribution < -0.4 is 0 Å². The molecule has 0 bridgehead atoms. The SMILES string of the molecule is OCC1O[C@@H](O)C(N=Cc2ccc3cccc(O)c3n2)[C@@H](O)[C@@H]1O. The first-order valence-corrected chi connectivity index (χ1v) is 7.43. The second kappa shape index (κ2) is 6.80. The minimum absolute atomic E-state index is 0.0324. The molecule has 2 heterocycles. The van der Waals surface area contributed by atoms with Crippen LogP contribution >= 0.6 is 0 Å². The number of aromatic nitrogens is 1. The van der Waals surface area contributed by atoms with Gasteiger partial charge in [-0.25, -0.2) is 4.98 Å². The second-order valence-electron chi connectivity index (χ2n) is 5.58. The molecule has 1 aliphatic heterocycles. The molecule has 24 heavy (non-hydrogen) atoms. The molecule has 3 rings (SSSR count). The zero-order chi connectivity index (χ0) is 17.3. The van der Waals surface area contributed by atoms with Crippen LogP contribution in [0.1, 0.15) is 5.69 Å². The average Bonchev–Trinajstić information content (AvgIpc) is 2.58. The fourth-order valence-corrected chi connectivity index (χ4v) is 2.62. The fraction of sp³-hybridized carbons (Fsp3) is 0.375. The highest BCUT2D eigenvalue weighted by Crippen LogP contribution is 2.23. The third kappa shape index (κ3) is 3.10. The largest absolute Gasteiger partial charge is 0.506 e. The van der Waals surface area contributed by atoms with Crippen molar-refractivity contribution in [3.8, 4) is 5.75 Å². The van der Waals surface area contributed by atoms with Gasteiger partial charge in [0.15, 0.2) is 6.29 Å². The van der Waals surface area contributed by atoms with Crippen molar-refractivity contribution >= 4 is 17.1 Å². The number of aliphatic hydroxyl groups is 4. The minimum atomic E-state index is -1.47. The van der Waals surface area contributed by atoms with Crippen molar-refractivity contribution in [1.82, 2.24) is 4.98 Å². The van der Waals surface area contributed by atoms with E-state index in [0.717, 1.165) is 5.39 Å². The van der Waals surface area contributed by atoms with Crippen molar-refractivity contribution in [1.29, 1.82) is 0 Å². The molecule has 1 saturated heterocycles. The molecule has 8 nitrogen and oxygen atoms in total. The summed E-state index contributed by atoms with van der Waals surface area (Å²) in [6, 6.07) is 7.33. The molecule has 2 aromatic rings. The van der Waals surface area contributed by atoms with Crippen LogP contribution in [0.4, 0.5) is 0 Å². The number of pyridine rings is 1. The van der Waals surface area contributed by atoms with E-state index in [1.807, 2.05) is 0 Å². The highest BCUT2D eigenvalue weighted by molar-refractivity contribution is 5.88. The highest BCUT2D eigenvalue weighted by Gasteiger charge is 2.43. The van der Waals surface area contributed by atoms with Crippen molar-refractivity contribution in [2.75, 3.05) is 6.61 Å². The topological polar surface area (TPSA) is 136 Å². The summed E-state index contributed by atoms with van der Waals surface area (Å²) in [6.07, 6.45) is -3.98. The fourth-order valence-electron chi connectivity index (χ4n) is 2.62. The number of ether oxygens (including phenoxy) is 1. The summed E-state index contributed by atoms with van der Waals surface area (Å²) in [5.41, 5.74) is 0.810. The molecule has 1 aromatic heterocycles. The van der Waals surface area contributed by atoms with Crippen molar-refractivity contribution < 1.29 is 30.3 Å². The third-order valence-electron chi connectivity index (χ3n) is 3.97. The number of phenolic OH excluding ortho intramolecular Hbond substituents is 1. The Bertz CT molecular complexity index is 752. The van der Waals surface area contributed by atoms with E-state index in [9.17, 15) is 20.4 Å². The normalized spacial score (nSPS) is 30.9. The summed E-state index contributed by atoms with van der Waals surface area (Å²) < 4.78 is 5.03. The molecular weight excluding hydrogens is 316 g/mol. The van der Waals surface area contributed by atoms with Gasteiger partial charge in [-0.15, -0.1) is 0 Å². The van der Waals surface area contributed by atoms with Gasteiger partial charge in [0, 0.05) is 11.6 Å². The van der Waals surface area contributed by atoms with Crippen LogP contribution in [-0.2, 0) is 4.74 Å². The lowest BCUT2D eigenvalue weighted by atomic mass is 9.97. The molecule has 0 saturated carbocycles. The zero-order valence-electron chi connectivity index (χ0n) is 12.6. The van der Waals surface area contributed by atoms with Gasteiger partial charge < -0.3 is 30.3 Å². The number of rotatable bonds is 3. The zero-order valence-corrected chi connectivity index (χ0v) is 12.6. The number of aliphatic imine (C=N–C) groups is 1. The third-order valence-corrected chi connectivity index (χ3v) is 3.97. The molecule has 5 atom stereocenters. The molecule has 0 amide bonds. The Morgan fingerprint density at radius 1 is 1.12 bits per heavy atom. The van der Waals surface area contributed by atoms with Gasteiger partial charge in [0.1, 0.15) is 35.6 Å². The first-order valence-electron chi connectivity index (χ1n) is 7.43. The van der Waals surface area contributed by atoms with Crippen LogP contribution in [0.3, 0.4) is 0 Å². The van der Waals surface area contributed by atoms with Crippen LogP contribution in [-0.4, -0.2) is 74.0 Å². The number of phenols is 1. The molecule has 1 fully saturated rings. The van der Waals surface area contributed by atoms with Crippen molar-refractivity contribution in [2.45, 2.75) is 30.6 Å². The maximum absolute atomic E-state index is 10.0. The van der Waals surface area contributed by atoms with E-state index in [1.54, 1.807) is 24.3 Å². The molecule has 8 heteroatoms. The predicted molar refractivity (Wildman–Crippen MR) is 84.8 cm³/mol. The molecule has 2 unspecified atom stereocenters. The van der Waals surface area contributed by atoms with Crippen molar-refractivity contribution in [2.24, 2.45) is 4.99 Å². The van der Waals surface area contributed by atoms with Crippen LogP contribution in [0.25, 0.3) is 10.9 Å². The quantitative estimate of drug-likeness (QED) is 0.462. The maximum atomic E-state index is 10.0. The predicted octanol–water partition coefficient (Wildman–Crippen LogP) is -0.841. The lowest BCUT2D eigenvalue weighted by Gasteiger charge is -2.38. The number of aromatic hydroxyl groups is 1. The van der Waals surface area contributed by atoms with Gasteiger partial charge in [-0.1, -0.05) is 18.2 Å². The van der Waals surface area contributed by atoms with Gasteiger partial charge in [0.05, 0.1) is 12.3 Å². The Morgan fingerprint density at radius 2 is 1.92 bits per heavy atom. The number of fused-ring (bicyclic) bond motifs is 1. The number of benzene rings is 1. The van der Waals surface area contributed by atoms with Gasteiger partial charge in [0.25, 0.3) is 0 Å². The lowest BCUT2D eigenvalue weighted by Crippen LogP contribution is -2.57. The van der Waals surface area contributed by atoms with E-state index in [2.05, 4.69) is 9.98 Å². The molecule has 0 radical (unpaired) electrons. The summed E-state index contributed by atoms with van der Waals surface area (Å²) in [5.74, 6) is 0.0324. The Hall–Kier alpha value is -2.10. The summed E-state index contributed by atoms with van der Waals surface area (Å²) in [7, 11) is 0. The van der Waals surface area contributed by atoms with E-state index >= 15 is 0 Å². The molecule has 1 aromatic carbocycles. The van der Waals surface area contributed by atoms with Crippen LogP contribution in [0.15, 0.2) is 35.3 Å². The second-order valence-corrected chi connectivity index (χ2v) is 5.58. The molecule has 1 aliphatic rings. The van der Waals surface area contributed by atoms with Gasteiger partial charge in [0.2, 0.25) is 0 Å². The number of nitrogens with zero attached hydrogens (tertiary/aromatic N) is 2. The number of hydrogen-bond donors (Lipinski definition) is 5. The molecular formula is C16H18N2O6. The van der Waals surface area contributed by atoms with E-state index in [1.165, 1.54) is 12.3 Å². The van der Waals surface area contributed by atoms with Crippen molar-refractivity contribution in [3.05, 3.63) is 36.0 Å². The summed E-state index contributed by atoms with van der Waals surface area (Å²) in [5, 5.41) is 49.4. The van der Waals surface area contributed by atoms with E-state index in [4.69, 9.17) is 9.84 Å². The maximum Gasteiger partial charge on any atom is 0.180 e. The Labute approximate surface area is 137 Å². The van der Waals surface area contributed by atoms with Crippen LogP contribution in [0, 0.1) is 0 Å². The van der Waals surface area contributed by atoms with Gasteiger partial charge >= 0.3 is 0 Å². The summed E-state index contributed by atoms with van der Waals surface area (Å²) >= 11 is 0. The van der Waals surface area contributed by atoms with Crippen molar-refractivity contribution in [3.63, 3.8) is 0 Å². The first kappa shape index (κ1) is 16.7. The summed E-state index contributed by atoms with van der Waals surface area (Å²) in [4.78, 5) is 8.29. The van der Waals surface area contributed by atoms with E-state index in [-0.39, 0.29) is 5.75 Å². The number of hydrogen-bond acceptors (Lipinski definition) is 8. The van der Waals surface area contributed by atoms with E-state index < -0.39 is 37.3 Å². The first-order chi connectivity index (χ1) is 11.5. The summed E-state index contributed by atoms with van der Waals surface area (Å²) in [6.45, 7) is -0.531. The molecule has 0 spiro atoms. The standard InChI is InChI=1S/C16H18N2O6/c19-7-11-14(21)15(22)13(16(23)24-11)17-6-9-5-4-8-2-1-3-10(20)12(8)18-9/h1-6,11,13-16,19-23H,7H2/t11?,13?,14-,15-,16-/m1/s1. The smallest absolute Gasteiger partial charge is 0.180 e. The number of para-hydroxylation sites is 1. The monoisotopic (exact) mass is 334 g/mol. The number of aliphatic hydroxyl groups excluding tert-OH is 4. The molecule has 0 aliphatic carbocycles. The van der Waals surface area contributed by atoms with Crippen LogP contribution in [0.2, 0.25) is 0 Å². The van der Waals surface area contributed by atoms with Gasteiger partial charge in [-0.05, 0) is 12.1 Å². The highest BCUT2D eigenvalue weighted by atomic mass is 16.6. The van der Waals surface area contributed by atoms with Crippen LogP contribution in [0.5, 0.6) is 5.75 Å². The Kier molecular flexibility index (Phi) is 4.74. The Balaban J connectivity index is 1.83. The van der Waals surface area contributed by atoms with E-state index in [0.29, 0.717) is 11.2 Å². The minimum Gasteiger partial charge on any atom is -0.506 e.